The van der Waals surface area contributed by atoms with Crippen molar-refractivity contribution < 1.29 is 4.79 Å². The van der Waals surface area contributed by atoms with E-state index in [4.69, 9.17) is 0 Å². The average Bonchev–Trinajstić information content (AvgIpc) is 2.46. The van der Waals surface area contributed by atoms with Gasteiger partial charge < -0.3 is 4.57 Å². The Labute approximate surface area is 65.4 Å². The average molecular weight is 150 g/mol. The summed E-state index contributed by atoms with van der Waals surface area (Å²) in [5.74, 6) is 0.461. The molecule has 1 heterocycles. The number of aromatic nitrogens is 2. The zero-order valence-corrected chi connectivity index (χ0v) is 6.45. The van der Waals surface area contributed by atoms with Crippen LogP contribution in [0.25, 0.3) is 6.08 Å². The fourth-order valence-electron chi connectivity index (χ4n) is 0.897. The van der Waals surface area contributed by atoms with Gasteiger partial charge in [-0.15, -0.1) is 0 Å². The van der Waals surface area contributed by atoms with E-state index in [1.54, 1.807) is 16.8 Å². The molecule has 0 aliphatic carbocycles. The van der Waals surface area contributed by atoms with Crippen molar-refractivity contribution in [3.63, 3.8) is 0 Å². The van der Waals surface area contributed by atoms with Crippen molar-refractivity contribution in [2.75, 3.05) is 0 Å². The maximum absolute atomic E-state index is 10.4. The van der Waals surface area contributed by atoms with Crippen LogP contribution in [0.2, 0.25) is 0 Å². The van der Waals surface area contributed by atoms with Gasteiger partial charge in [0.05, 0.1) is 5.69 Å². The lowest BCUT2D eigenvalue weighted by Crippen LogP contribution is -1.98. The Kier molecular flexibility index (Phi) is 2.21. The molecule has 0 N–H and O–H groups in total. The molecule has 58 valence electrons. The van der Waals surface area contributed by atoms with Crippen LogP contribution in [0.4, 0.5) is 0 Å². The maximum Gasteiger partial charge on any atom is 0.185 e. The van der Waals surface area contributed by atoms with Crippen molar-refractivity contribution in [2.24, 2.45) is 0 Å². The van der Waals surface area contributed by atoms with E-state index < -0.39 is 0 Å². The van der Waals surface area contributed by atoms with Gasteiger partial charge in [-0.25, -0.2) is 4.98 Å². The Morgan fingerprint density at radius 3 is 2.91 bits per heavy atom. The number of rotatable bonds is 3. The summed E-state index contributed by atoms with van der Waals surface area (Å²) in [6.07, 6.45) is 4.17. The topological polar surface area (TPSA) is 34.9 Å². The molecule has 0 atom stereocenters. The third-order valence-electron chi connectivity index (χ3n) is 1.48. The van der Waals surface area contributed by atoms with Crippen LogP contribution in [0.5, 0.6) is 0 Å². The Balaban J connectivity index is 3.11. The highest BCUT2D eigenvalue weighted by molar-refractivity contribution is 5.70. The second-order valence-corrected chi connectivity index (χ2v) is 2.13. The zero-order valence-electron chi connectivity index (χ0n) is 6.45. The highest BCUT2D eigenvalue weighted by Crippen LogP contribution is 2.01. The fraction of sp³-hybridized carbons (Fsp3) is 0.250. The predicted molar refractivity (Wildman–Crippen MR) is 43.4 cm³/mol. The summed E-state index contributed by atoms with van der Waals surface area (Å²) in [6.45, 7) is 6.28. The fourth-order valence-corrected chi connectivity index (χ4v) is 0.897. The van der Waals surface area contributed by atoms with Gasteiger partial charge in [0.15, 0.2) is 12.1 Å². The highest BCUT2D eigenvalue weighted by atomic mass is 16.1. The normalized spacial score (nSPS) is 9.55. The number of hydrogen-bond donors (Lipinski definition) is 0. The molecule has 0 amide bonds. The first kappa shape index (κ1) is 7.72. The summed E-state index contributed by atoms with van der Waals surface area (Å²) in [4.78, 5) is 14.4. The van der Waals surface area contributed by atoms with Gasteiger partial charge >= 0.3 is 0 Å². The number of carbonyl (C=O) groups excluding carboxylic acids is 1. The number of imidazole rings is 1. The van der Waals surface area contributed by atoms with Crippen molar-refractivity contribution in [1.82, 2.24) is 9.55 Å². The first-order chi connectivity index (χ1) is 5.31. The predicted octanol–water partition coefficient (Wildman–Crippen LogP) is 1.36. The molecule has 1 rings (SSSR count). The zero-order chi connectivity index (χ0) is 8.27. The van der Waals surface area contributed by atoms with Crippen LogP contribution < -0.4 is 0 Å². The van der Waals surface area contributed by atoms with E-state index in [0.717, 1.165) is 18.5 Å². The Hall–Kier alpha value is -1.38. The van der Waals surface area contributed by atoms with Crippen LogP contribution in [-0.2, 0) is 6.54 Å². The van der Waals surface area contributed by atoms with Crippen LogP contribution in [-0.4, -0.2) is 15.8 Å². The molecule has 0 bridgehead atoms. The van der Waals surface area contributed by atoms with Gasteiger partial charge in [-0.05, 0) is 13.0 Å². The number of hydrogen-bond acceptors (Lipinski definition) is 2. The summed E-state index contributed by atoms with van der Waals surface area (Å²) in [7, 11) is 0. The first-order valence-electron chi connectivity index (χ1n) is 3.46. The Morgan fingerprint density at radius 2 is 2.55 bits per heavy atom. The van der Waals surface area contributed by atoms with Crippen LogP contribution in [0.15, 0.2) is 12.8 Å². The molecule has 1 aromatic heterocycles. The van der Waals surface area contributed by atoms with Crippen molar-refractivity contribution in [3.05, 3.63) is 24.3 Å². The molecule has 3 nitrogen and oxygen atoms in total. The summed E-state index contributed by atoms with van der Waals surface area (Å²) in [5.41, 5.74) is 0.744. The Bertz CT molecular complexity index is 276. The number of aldehydes is 1. The largest absolute Gasteiger partial charge is 0.328 e. The highest BCUT2D eigenvalue weighted by Gasteiger charge is 2.01. The molecule has 0 unspecified atom stereocenters. The smallest absolute Gasteiger partial charge is 0.185 e. The lowest BCUT2D eigenvalue weighted by molar-refractivity contribution is 0.111. The minimum Gasteiger partial charge on any atom is -0.328 e. The molecule has 0 saturated carbocycles. The van der Waals surface area contributed by atoms with Gasteiger partial charge in [-0.3, -0.25) is 4.79 Å². The second-order valence-electron chi connectivity index (χ2n) is 2.13. The number of aryl methyl sites for hydroxylation is 1. The van der Waals surface area contributed by atoms with Gasteiger partial charge in [0.1, 0.15) is 0 Å². The van der Waals surface area contributed by atoms with Gasteiger partial charge in [-0.1, -0.05) is 6.58 Å². The molecule has 0 aliphatic heterocycles. The van der Waals surface area contributed by atoms with E-state index in [0.29, 0.717) is 5.82 Å². The van der Waals surface area contributed by atoms with Gasteiger partial charge in [-0.2, -0.15) is 0 Å². The minimum atomic E-state index is 0.461. The molecule has 0 aromatic carbocycles. The van der Waals surface area contributed by atoms with Crippen molar-refractivity contribution in [1.29, 1.82) is 0 Å². The van der Waals surface area contributed by atoms with Crippen LogP contribution >= 0.6 is 0 Å². The quantitative estimate of drug-likeness (QED) is 0.610. The molecule has 1 aromatic rings. The minimum absolute atomic E-state index is 0.461. The molecule has 0 aliphatic rings. The number of nitrogens with zero attached hydrogens (tertiary/aromatic N) is 2. The molecule has 3 heteroatoms. The van der Waals surface area contributed by atoms with Crippen LogP contribution in [0, 0.1) is 0 Å². The van der Waals surface area contributed by atoms with Gasteiger partial charge in [0.2, 0.25) is 0 Å². The monoisotopic (exact) mass is 150 g/mol. The second kappa shape index (κ2) is 3.14. The van der Waals surface area contributed by atoms with E-state index in [1.807, 2.05) is 6.92 Å². The van der Waals surface area contributed by atoms with Crippen molar-refractivity contribution >= 4 is 12.4 Å². The molecule has 11 heavy (non-hydrogen) atoms. The molecule has 0 spiro atoms. The van der Waals surface area contributed by atoms with Gasteiger partial charge in [0, 0.05) is 12.7 Å². The molecule has 0 radical (unpaired) electrons. The molecule has 0 fully saturated rings. The summed E-state index contributed by atoms with van der Waals surface area (Å²) in [5, 5.41) is 0. The third-order valence-corrected chi connectivity index (χ3v) is 1.48. The molecule has 0 saturated heterocycles. The SMILES string of the molecule is C=Cc1cn(CC)c(C=O)n1. The van der Waals surface area contributed by atoms with E-state index in [2.05, 4.69) is 11.6 Å². The summed E-state index contributed by atoms with van der Waals surface area (Å²) >= 11 is 0. The first-order valence-corrected chi connectivity index (χ1v) is 3.46. The lowest BCUT2D eigenvalue weighted by Gasteiger charge is -1.94. The molecular formula is C8H10N2O. The lowest BCUT2D eigenvalue weighted by atomic mass is 10.5. The maximum atomic E-state index is 10.4. The van der Waals surface area contributed by atoms with Crippen molar-refractivity contribution in [2.45, 2.75) is 13.5 Å². The van der Waals surface area contributed by atoms with E-state index in [1.165, 1.54) is 0 Å². The molecular weight excluding hydrogens is 140 g/mol. The van der Waals surface area contributed by atoms with E-state index in [-0.39, 0.29) is 0 Å². The summed E-state index contributed by atoms with van der Waals surface area (Å²) in [6, 6.07) is 0. The van der Waals surface area contributed by atoms with Crippen LogP contribution in [0.1, 0.15) is 23.2 Å². The number of carbonyl (C=O) groups is 1. The van der Waals surface area contributed by atoms with Gasteiger partial charge in [0.25, 0.3) is 0 Å². The standard InChI is InChI=1S/C8H10N2O/c1-3-7-5-10(4-2)8(6-11)9-7/h3,5-6H,1,4H2,2H3. The summed E-state index contributed by atoms with van der Waals surface area (Å²) < 4.78 is 1.78. The van der Waals surface area contributed by atoms with Crippen LogP contribution in [0.3, 0.4) is 0 Å². The van der Waals surface area contributed by atoms with Crippen molar-refractivity contribution in [3.8, 4) is 0 Å². The Morgan fingerprint density at radius 1 is 1.82 bits per heavy atom. The third kappa shape index (κ3) is 1.37. The van der Waals surface area contributed by atoms with E-state index in [9.17, 15) is 4.79 Å². The van der Waals surface area contributed by atoms with E-state index >= 15 is 0 Å².